The smallest absolute Gasteiger partial charge is 0.477 e. The van der Waals surface area contributed by atoms with Gasteiger partial charge in [-0.05, 0) is 37.0 Å². The number of nitrogens with zero attached hydrogens (tertiary/aromatic N) is 5. The van der Waals surface area contributed by atoms with Gasteiger partial charge in [0.25, 0.3) is 5.09 Å². The number of rotatable bonds is 18. The number of aliphatic hydroxyl groups is 1. The molecule has 254 valence electrons. The molecule has 0 fully saturated rings. The number of imidazole rings is 1. The second kappa shape index (κ2) is 16.9. The number of ether oxygens (including phenoxy) is 3. The molecule has 0 aliphatic carbocycles. The summed E-state index contributed by atoms with van der Waals surface area (Å²) in [5, 5.41) is 34.6. The third-order valence-electron chi connectivity index (χ3n) is 6.53. The number of amidine groups is 1. The van der Waals surface area contributed by atoms with Crippen molar-refractivity contribution in [1.82, 2.24) is 14.7 Å². The maximum atomic E-state index is 12.2. The number of aromatic nitrogens is 2. The molecule has 1 aromatic heterocycles. The van der Waals surface area contributed by atoms with Crippen LogP contribution in [-0.4, -0.2) is 81.1 Å². The number of benzene rings is 2. The van der Waals surface area contributed by atoms with Gasteiger partial charge in [0.05, 0.1) is 13.2 Å². The normalized spacial score (nSPS) is 11.6. The molecule has 1 heterocycles. The molecule has 47 heavy (non-hydrogen) atoms. The van der Waals surface area contributed by atoms with Gasteiger partial charge in [-0.25, -0.2) is 20.4 Å². The van der Waals surface area contributed by atoms with Crippen molar-refractivity contribution >= 4 is 18.0 Å². The molecule has 0 radical (unpaired) electrons. The minimum atomic E-state index is -1.43. The summed E-state index contributed by atoms with van der Waals surface area (Å²) in [6.45, 7) is 4.26. The standard InChI is InChI=1S/C30H39N7O10/c1-4-7-24-33-26(30(2,3)41)25(28(38)39)35(24)18-20-10-12-21(13-11-20)22-8-5-6-9-23(22)27(31)34-36(32)19-46-29(40)45-16-14-44-15-17-47-37(42)43/h5-6,8-13,41H,4,7,14-19,32H2,1-3H3,(H2,31,34)(H,38,39). The number of aryl methyl sites for hydroxylation is 1. The molecule has 0 aliphatic rings. The van der Waals surface area contributed by atoms with Crippen LogP contribution in [0, 0.1) is 10.1 Å². The number of carbonyl (C=O) groups excluding carboxylic acids is 1. The lowest BCUT2D eigenvalue weighted by Gasteiger charge is -2.16. The van der Waals surface area contributed by atoms with Crippen molar-refractivity contribution in [2.24, 2.45) is 16.7 Å². The van der Waals surface area contributed by atoms with Crippen LogP contribution in [-0.2, 0) is 37.6 Å². The first-order valence-corrected chi connectivity index (χ1v) is 14.6. The highest BCUT2D eigenvalue weighted by Crippen LogP contribution is 2.28. The van der Waals surface area contributed by atoms with Crippen molar-refractivity contribution < 1.29 is 43.9 Å². The van der Waals surface area contributed by atoms with Gasteiger partial charge in [-0.1, -0.05) is 55.5 Å². The van der Waals surface area contributed by atoms with Crippen molar-refractivity contribution in [1.29, 1.82) is 0 Å². The molecule has 0 unspecified atom stereocenters. The first kappa shape index (κ1) is 36.2. The monoisotopic (exact) mass is 657 g/mol. The van der Waals surface area contributed by atoms with Crippen molar-refractivity contribution in [3.05, 3.63) is 87.0 Å². The van der Waals surface area contributed by atoms with Crippen molar-refractivity contribution in [3.8, 4) is 11.1 Å². The van der Waals surface area contributed by atoms with E-state index in [0.717, 1.165) is 28.2 Å². The highest BCUT2D eigenvalue weighted by atomic mass is 17.0. The fraction of sp³-hybridized carbons (Fsp3) is 0.400. The number of carboxylic acids is 1. The van der Waals surface area contributed by atoms with Gasteiger partial charge in [0.15, 0.2) is 18.3 Å². The Morgan fingerprint density at radius 2 is 1.77 bits per heavy atom. The Kier molecular flexibility index (Phi) is 13.0. The first-order chi connectivity index (χ1) is 22.3. The van der Waals surface area contributed by atoms with Gasteiger partial charge in [-0.3, -0.25) is 0 Å². The number of aromatic carboxylic acids is 1. The zero-order chi connectivity index (χ0) is 34.6. The second-order valence-electron chi connectivity index (χ2n) is 10.6. The lowest BCUT2D eigenvalue weighted by atomic mass is 9.98. The predicted octanol–water partition coefficient (Wildman–Crippen LogP) is 2.61. The number of carboxylic acid groups (broad SMARTS) is 1. The SMILES string of the molecule is CCCc1nc(C(C)(C)O)c(C(=O)O)n1Cc1ccc(-c2ccccc2/C(N)=N/N(N)COC(=O)OCCOCCO[N+](=O)[O-])cc1. The zero-order valence-corrected chi connectivity index (χ0v) is 26.3. The highest BCUT2D eigenvalue weighted by molar-refractivity contribution is 6.03. The number of hydrazine groups is 1. The van der Waals surface area contributed by atoms with Gasteiger partial charge in [-0.15, -0.1) is 15.2 Å². The van der Waals surface area contributed by atoms with Crippen molar-refractivity contribution in [2.75, 3.05) is 33.2 Å². The summed E-state index contributed by atoms with van der Waals surface area (Å²) in [7, 11) is 0. The highest BCUT2D eigenvalue weighted by Gasteiger charge is 2.31. The number of nitrogens with two attached hydrogens (primary N) is 2. The number of hydrogen-bond donors (Lipinski definition) is 4. The van der Waals surface area contributed by atoms with Crippen LogP contribution >= 0.6 is 0 Å². The summed E-state index contributed by atoms with van der Waals surface area (Å²) >= 11 is 0. The van der Waals surface area contributed by atoms with Gasteiger partial charge in [0.1, 0.15) is 30.3 Å². The number of hydrazone groups is 1. The molecule has 0 saturated heterocycles. The van der Waals surface area contributed by atoms with Crippen LogP contribution in [0.5, 0.6) is 0 Å². The Hall–Kier alpha value is -5.26. The van der Waals surface area contributed by atoms with Gasteiger partial charge in [-0.2, -0.15) is 5.12 Å². The van der Waals surface area contributed by atoms with E-state index >= 15 is 0 Å². The molecule has 0 bridgehead atoms. The van der Waals surface area contributed by atoms with E-state index in [9.17, 15) is 29.9 Å². The van der Waals surface area contributed by atoms with E-state index in [0.29, 0.717) is 17.8 Å². The number of hydrogen-bond acceptors (Lipinski definition) is 13. The van der Waals surface area contributed by atoms with Gasteiger partial charge < -0.3 is 39.6 Å². The molecule has 3 rings (SSSR count). The molecule has 0 spiro atoms. The molecule has 17 nitrogen and oxygen atoms in total. The van der Waals surface area contributed by atoms with Crippen LogP contribution in [0.15, 0.2) is 53.6 Å². The van der Waals surface area contributed by atoms with E-state index in [1.54, 1.807) is 16.7 Å². The molecule has 17 heteroatoms. The molecule has 0 aliphatic heterocycles. The molecule has 0 atom stereocenters. The Morgan fingerprint density at radius 1 is 1.09 bits per heavy atom. The molecule has 0 amide bonds. The quantitative estimate of drug-likeness (QED) is 0.0225. The van der Waals surface area contributed by atoms with E-state index in [1.807, 2.05) is 43.3 Å². The van der Waals surface area contributed by atoms with E-state index in [-0.39, 0.29) is 50.2 Å². The largest absolute Gasteiger partial charge is 0.510 e. The summed E-state index contributed by atoms with van der Waals surface area (Å²) in [6.07, 6.45) is 0.258. The third kappa shape index (κ3) is 10.7. The van der Waals surface area contributed by atoms with Crippen LogP contribution < -0.4 is 11.6 Å². The first-order valence-electron chi connectivity index (χ1n) is 14.6. The van der Waals surface area contributed by atoms with E-state index in [1.165, 1.54) is 13.8 Å². The molecular weight excluding hydrogens is 618 g/mol. The average molecular weight is 658 g/mol. The van der Waals surface area contributed by atoms with Crippen LogP contribution in [0.25, 0.3) is 11.1 Å². The summed E-state index contributed by atoms with van der Waals surface area (Å²) in [6, 6.07) is 14.7. The minimum Gasteiger partial charge on any atom is -0.477 e. The van der Waals surface area contributed by atoms with Crippen LogP contribution in [0.2, 0.25) is 0 Å². The fourth-order valence-electron chi connectivity index (χ4n) is 4.50. The fourth-order valence-corrected chi connectivity index (χ4v) is 4.50. The van der Waals surface area contributed by atoms with Crippen LogP contribution in [0.1, 0.15) is 60.3 Å². The average Bonchev–Trinajstić information content (AvgIpc) is 3.38. The Balaban J connectivity index is 1.66. The number of carbonyl (C=O) groups is 2. The van der Waals surface area contributed by atoms with E-state index in [2.05, 4.69) is 14.9 Å². The molecular formula is C30H39N7O10. The Morgan fingerprint density at radius 3 is 2.40 bits per heavy atom. The summed E-state index contributed by atoms with van der Waals surface area (Å²) in [5.41, 5.74) is 7.81. The molecule has 0 saturated carbocycles. The van der Waals surface area contributed by atoms with Crippen LogP contribution in [0.3, 0.4) is 0 Å². The Labute approximate surface area is 270 Å². The van der Waals surface area contributed by atoms with Crippen molar-refractivity contribution in [2.45, 2.75) is 45.8 Å². The lowest BCUT2D eigenvalue weighted by molar-refractivity contribution is -0.758. The van der Waals surface area contributed by atoms with E-state index < -0.39 is 29.5 Å². The van der Waals surface area contributed by atoms with Crippen molar-refractivity contribution in [3.63, 3.8) is 0 Å². The molecule has 6 N–H and O–H groups in total. The topological polar surface area (TPSA) is 240 Å². The predicted molar refractivity (Wildman–Crippen MR) is 167 cm³/mol. The maximum absolute atomic E-state index is 12.2. The van der Waals surface area contributed by atoms with Crippen LogP contribution in [0.4, 0.5) is 4.79 Å². The lowest BCUT2D eigenvalue weighted by Crippen LogP contribution is -2.33. The van der Waals surface area contributed by atoms with E-state index in [4.69, 9.17) is 25.8 Å². The summed E-state index contributed by atoms with van der Waals surface area (Å²) in [5.74, 6) is 5.30. The molecule has 2 aromatic carbocycles. The summed E-state index contributed by atoms with van der Waals surface area (Å²) in [4.78, 5) is 42.6. The van der Waals surface area contributed by atoms with Gasteiger partial charge in [0.2, 0.25) is 0 Å². The Bertz CT molecular complexity index is 1550. The maximum Gasteiger partial charge on any atom is 0.510 e. The molecule has 3 aromatic rings. The zero-order valence-electron chi connectivity index (χ0n) is 26.3. The third-order valence-corrected chi connectivity index (χ3v) is 6.53. The van der Waals surface area contributed by atoms with Gasteiger partial charge >= 0.3 is 12.1 Å². The second-order valence-corrected chi connectivity index (χ2v) is 10.6. The minimum absolute atomic E-state index is 0.0266. The summed E-state index contributed by atoms with van der Waals surface area (Å²) < 4.78 is 16.4. The van der Waals surface area contributed by atoms with Gasteiger partial charge in [0, 0.05) is 18.5 Å².